The van der Waals surface area contributed by atoms with Crippen molar-refractivity contribution in [3.8, 4) is 0 Å². The van der Waals surface area contributed by atoms with Gasteiger partial charge in [0.15, 0.2) is 0 Å². The van der Waals surface area contributed by atoms with E-state index >= 15 is 0 Å². The first-order chi connectivity index (χ1) is 11.0. The van der Waals surface area contributed by atoms with Crippen LogP contribution in [0, 0.1) is 5.82 Å². The molecule has 2 aliphatic rings. The van der Waals surface area contributed by atoms with Crippen LogP contribution in [-0.2, 0) is 4.79 Å². The largest absolute Gasteiger partial charge is 0.337 e. The summed E-state index contributed by atoms with van der Waals surface area (Å²) in [5.41, 5.74) is 0.337. The summed E-state index contributed by atoms with van der Waals surface area (Å²) in [6.07, 6.45) is 1.76. The molecule has 23 heavy (non-hydrogen) atoms. The molecule has 5 nitrogen and oxygen atoms in total. The van der Waals surface area contributed by atoms with Crippen LogP contribution in [0.25, 0.3) is 0 Å². The zero-order chi connectivity index (χ0) is 16.4. The van der Waals surface area contributed by atoms with Crippen molar-refractivity contribution in [1.82, 2.24) is 15.1 Å². The van der Waals surface area contributed by atoms with Crippen molar-refractivity contribution in [3.05, 3.63) is 34.1 Å². The first-order valence-corrected chi connectivity index (χ1v) is 8.59. The summed E-state index contributed by atoms with van der Waals surface area (Å²) in [7, 11) is 0. The van der Waals surface area contributed by atoms with Gasteiger partial charge in [-0.2, -0.15) is 0 Å². The van der Waals surface area contributed by atoms with Crippen LogP contribution < -0.4 is 5.32 Å². The smallest absolute Gasteiger partial charge is 0.254 e. The minimum Gasteiger partial charge on any atom is -0.337 e. The normalized spacial score (nSPS) is 22.3. The highest BCUT2D eigenvalue weighted by molar-refractivity contribution is 9.10. The molecule has 2 aliphatic heterocycles. The van der Waals surface area contributed by atoms with Crippen LogP contribution in [-0.4, -0.2) is 60.4 Å². The van der Waals surface area contributed by atoms with Crippen LogP contribution in [0.3, 0.4) is 0 Å². The van der Waals surface area contributed by atoms with Crippen LogP contribution in [0.2, 0.25) is 0 Å². The number of nitrogens with zero attached hydrogens (tertiary/aromatic N) is 2. The number of amides is 2. The molecule has 0 aliphatic carbocycles. The van der Waals surface area contributed by atoms with Crippen molar-refractivity contribution in [3.63, 3.8) is 0 Å². The first kappa shape index (κ1) is 16.4. The van der Waals surface area contributed by atoms with Gasteiger partial charge in [0.2, 0.25) is 5.91 Å². The third kappa shape index (κ3) is 3.72. The van der Waals surface area contributed by atoms with E-state index in [1.165, 1.54) is 12.1 Å². The Balaban J connectivity index is 1.72. The van der Waals surface area contributed by atoms with Gasteiger partial charge in [0.25, 0.3) is 5.91 Å². The molecular formula is C16H19BrFN3O2. The SMILES string of the molecule is O=C(c1cc(F)cc(Br)c1)N1CCCC(N2CCNCC2=O)C1. The van der Waals surface area contributed by atoms with E-state index in [4.69, 9.17) is 0 Å². The molecule has 1 N–H and O–H groups in total. The maximum Gasteiger partial charge on any atom is 0.254 e. The Morgan fingerprint density at radius 1 is 1.30 bits per heavy atom. The number of carbonyl (C=O) groups excluding carboxylic acids is 2. The van der Waals surface area contributed by atoms with Gasteiger partial charge in [-0.3, -0.25) is 9.59 Å². The molecule has 0 saturated carbocycles. The third-order valence-electron chi connectivity index (χ3n) is 4.36. The Morgan fingerprint density at radius 3 is 2.87 bits per heavy atom. The molecular weight excluding hydrogens is 365 g/mol. The predicted molar refractivity (Wildman–Crippen MR) is 87.6 cm³/mol. The Bertz CT molecular complexity index is 605. The zero-order valence-electron chi connectivity index (χ0n) is 12.7. The summed E-state index contributed by atoms with van der Waals surface area (Å²) in [4.78, 5) is 28.3. The highest BCUT2D eigenvalue weighted by Gasteiger charge is 2.32. The second kappa shape index (κ2) is 6.97. The quantitative estimate of drug-likeness (QED) is 0.844. The lowest BCUT2D eigenvalue weighted by molar-refractivity contribution is -0.135. The fourth-order valence-corrected chi connectivity index (χ4v) is 3.73. The molecule has 2 heterocycles. The van der Waals surface area contributed by atoms with Crippen molar-refractivity contribution in [2.75, 3.05) is 32.7 Å². The average Bonchev–Trinajstić information content (AvgIpc) is 2.54. The van der Waals surface area contributed by atoms with Crippen molar-refractivity contribution in [1.29, 1.82) is 0 Å². The summed E-state index contributed by atoms with van der Waals surface area (Å²) in [6, 6.07) is 4.27. The minimum absolute atomic E-state index is 0.0549. The number of carbonyl (C=O) groups is 2. The summed E-state index contributed by atoms with van der Waals surface area (Å²) >= 11 is 3.22. The van der Waals surface area contributed by atoms with Crippen LogP contribution >= 0.6 is 15.9 Å². The molecule has 0 radical (unpaired) electrons. The lowest BCUT2D eigenvalue weighted by atomic mass is 10.0. The standard InChI is InChI=1S/C16H19BrFN3O2/c17-12-6-11(7-13(18)8-12)16(23)20-4-1-2-14(10-20)21-5-3-19-9-15(21)22/h6-8,14,19H,1-5,9-10H2. The van der Waals surface area contributed by atoms with E-state index in [0.29, 0.717) is 36.2 Å². The van der Waals surface area contributed by atoms with Gasteiger partial charge in [-0.05, 0) is 31.0 Å². The second-order valence-corrected chi connectivity index (χ2v) is 6.88. The first-order valence-electron chi connectivity index (χ1n) is 7.80. The van der Waals surface area contributed by atoms with Gasteiger partial charge < -0.3 is 15.1 Å². The Morgan fingerprint density at radius 2 is 2.13 bits per heavy atom. The van der Waals surface area contributed by atoms with Crippen molar-refractivity contribution in [2.45, 2.75) is 18.9 Å². The molecule has 1 unspecified atom stereocenters. The van der Waals surface area contributed by atoms with Crippen LogP contribution in [0.1, 0.15) is 23.2 Å². The van der Waals surface area contributed by atoms with Crippen LogP contribution in [0.15, 0.2) is 22.7 Å². The number of hydrogen-bond donors (Lipinski definition) is 1. The highest BCUT2D eigenvalue weighted by atomic mass is 79.9. The molecule has 7 heteroatoms. The number of hydrogen-bond acceptors (Lipinski definition) is 3. The van der Waals surface area contributed by atoms with Crippen molar-refractivity contribution < 1.29 is 14.0 Å². The molecule has 2 fully saturated rings. The molecule has 0 spiro atoms. The van der Waals surface area contributed by atoms with E-state index in [2.05, 4.69) is 21.2 Å². The summed E-state index contributed by atoms with van der Waals surface area (Å²) in [5, 5.41) is 3.06. The zero-order valence-corrected chi connectivity index (χ0v) is 14.3. The topological polar surface area (TPSA) is 52.7 Å². The molecule has 1 aromatic rings. The number of benzene rings is 1. The maximum absolute atomic E-state index is 13.5. The van der Waals surface area contributed by atoms with Gasteiger partial charge in [0.05, 0.1) is 6.54 Å². The molecule has 2 amide bonds. The number of halogens is 2. The van der Waals surface area contributed by atoms with Gasteiger partial charge in [-0.1, -0.05) is 15.9 Å². The molecule has 1 atom stereocenters. The highest BCUT2D eigenvalue weighted by Crippen LogP contribution is 2.21. The number of nitrogens with one attached hydrogen (secondary N) is 1. The number of rotatable bonds is 2. The van der Waals surface area contributed by atoms with Gasteiger partial charge in [0, 0.05) is 42.3 Å². The lowest BCUT2D eigenvalue weighted by Crippen LogP contribution is -2.57. The van der Waals surface area contributed by atoms with Gasteiger partial charge in [-0.25, -0.2) is 4.39 Å². The Labute approximate surface area is 142 Å². The monoisotopic (exact) mass is 383 g/mol. The van der Waals surface area contributed by atoms with E-state index in [1.54, 1.807) is 11.0 Å². The van der Waals surface area contributed by atoms with Crippen molar-refractivity contribution in [2.24, 2.45) is 0 Å². The van der Waals surface area contributed by atoms with Gasteiger partial charge in [0.1, 0.15) is 5.82 Å². The molecule has 3 rings (SSSR count). The second-order valence-electron chi connectivity index (χ2n) is 5.97. The summed E-state index contributed by atoms with van der Waals surface area (Å²) in [5.74, 6) is -0.532. The molecule has 0 bridgehead atoms. The third-order valence-corrected chi connectivity index (χ3v) is 4.82. The number of piperidine rings is 1. The Hall–Kier alpha value is -1.47. The summed E-state index contributed by atoms with van der Waals surface area (Å²) in [6.45, 7) is 2.98. The fourth-order valence-electron chi connectivity index (χ4n) is 3.26. The lowest BCUT2D eigenvalue weighted by Gasteiger charge is -2.41. The minimum atomic E-state index is -0.437. The molecule has 124 valence electrons. The fraction of sp³-hybridized carbons (Fsp3) is 0.500. The number of piperazine rings is 1. The maximum atomic E-state index is 13.5. The Kier molecular flexibility index (Phi) is 4.96. The molecule has 2 saturated heterocycles. The van der Waals surface area contributed by atoms with Crippen LogP contribution in [0.4, 0.5) is 4.39 Å². The van der Waals surface area contributed by atoms with Crippen molar-refractivity contribution >= 4 is 27.7 Å². The predicted octanol–water partition coefficient (Wildman–Crippen LogP) is 1.62. The van der Waals surface area contributed by atoms with E-state index < -0.39 is 5.82 Å². The van der Waals surface area contributed by atoms with E-state index in [9.17, 15) is 14.0 Å². The van der Waals surface area contributed by atoms with Crippen LogP contribution in [0.5, 0.6) is 0 Å². The van der Waals surface area contributed by atoms with E-state index in [-0.39, 0.29) is 17.9 Å². The average molecular weight is 384 g/mol. The van der Waals surface area contributed by atoms with Gasteiger partial charge in [-0.15, -0.1) is 0 Å². The molecule has 0 aromatic heterocycles. The number of likely N-dealkylation sites (tertiary alicyclic amines) is 1. The summed E-state index contributed by atoms with van der Waals surface area (Å²) < 4.78 is 14.1. The van der Waals surface area contributed by atoms with E-state index in [0.717, 1.165) is 19.4 Å². The van der Waals surface area contributed by atoms with Gasteiger partial charge >= 0.3 is 0 Å². The van der Waals surface area contributed by atoms with E-state index in [1.807, 2.05) is 4.90 Å². The molecule has 1 aromatic carbocycles.